The lowest BCUT2D eigenvalue weighted by Gasteiger charge is -2.24. The number of carbonyl (C=O) groups excluding carboxylic acids is 1. The zero-order valence-electron chi connectivity index (χ0n) is 12.7. The molecule has 0 saturated carbocycles. The number of sulfonamides is 1. The summed E-state index contributed by atoms with van der Waals surface area (Å²) in [7, 11) is -3.58. The number of hydrogen-bond acceptors (Lipinski definition) is 3. The Labute approximate surface area is 131 Å². The zero-order chi connectivity index (χ0) is 16.1. The van der Waals surface area contributed by atoms with Crippen molar-refractivity contribution in [3.63, 3.8) is 0 Å². The van der Waals surface area contributed by atoms with Crippen LogP contribution in [-0.4, -0.2) is 31.1 Å². The first-order valence-electron chi connectivity index (χ1n) is 7.30. The third-order valence-electron chi connectivity index (χ3n) is 4.69. The number of hydrogen-bond donors (Lipinski definition) is 0. The van der Waals surface area contributed by atoms with Gasteiger partial charge in [0.15, 0.2) is 5.78 Å². The normalized spacial score (nSPS) is 25.6. The summed E-state index contributed by atoms with van der Waals surface area (Å²) in [6.07, 6.45) is 2.03. The Bertz CT molecular complexity index is 775. The van der Waals surface area contributed by atoms with Gasteiger partial charge in [-0.1, -0.05) is 23.8 Å². The van der Waals surface area contributed by atoms with Crippen LogP contribution in [-0.2, 0) is 14.8 Å². The summed E-state index contributed by atoms with van der Waals surface area (Å²) in [6, 6.07) is 6.50. The van der Waals surface area contributed by atoms with Crippen molar-refractivity contribution in [2.45, 2.75) is 31.2 Å². The molecule has 1 heterocycles. The van der Waals surface area contributed by atoms with Gasteiger partial charge in [0, 0.05) is 18.9 Å². The molecule has 0 unspecified atom stereocenters. The van der Waals surface area contributed by atoms with E-state index in [9.17, 15) is 13.2 Å². The van der Waals surface area contributed by atoms with E-state index < -0.39 is 10.0 Å². The molecule has 0 bridgehead atoms. The summed E-state index contributed by atoms with van der Waals surface area (Å²) in [5, 5.41) is 0. The van der Waals surface area contributed by atoms with E-state index in [1.54, 1.807) is 37.3 Å². The number of carbonyl (C=O) groups is 1. The second-order valence-electron chi connectivity index (χ2n) is 5.97. The molecule has 1 aromatic rings. The summed E-state index contributed by atoms with van der Waals surface area (Å²) in [4.78, 5) is 12.1. The Morgan fingerprint density at radius 3 is 2.45 bits per heavy atom. The van der Waals surface area contributed by atoms with E-state index in [0.29, 0.717) is 6.42 Å². The van der Waals surface area contributed by atoms with Crippen LogP contribution < -0.4 is 0 Å². The fraction of sp³-hybridized carbons (Fsp3) is 0.353. The SMILES string of the molecule is C=C[C@@H]1[C@@H]2CC(=O)C(C)=C2CN1S(=O)(=O)c1ccc(C)cc1. The molecule has 0 spiro atoms. The number of fused-ring (bicyclic) bond motifs is 1. The van der Waals surface area contributed by atoms with Gasteiger partial charge in [0.2, 0.25) is 10.0 Å². The van der Waals surface area contributed by atoms with Crippen LogP contribution in [0.15, 0.2) is 53.0 Å². The monoisotopic (exact) mass is 317 g/mol. The third kappa shape index (κ3) is 2.16. The van der Waals surface area contributed by atoms with Crippen molar-refractivity contribution in [3.8, 4) is 0 Å². The van der Waals surface area contributed by atoms with Gasteiger partial charge in [-0.2, -0.15) is 4.31 Å². The lowest BCUT2D eigenvalue weighted by Crippen LogP contribution is -2.37. The molecule has 0 amide bonds. The lowest BCUT2D eigenvalue weighted by molar-refractivity contribution is -0.115. The van der Waals surface area contributed by atoms with Crippen molar-refractivity contribution in [1.29, 1.82) is 0 Å². The van der Waals surface area contributed by atoms with Gasteiger partial charge in [0.25, 0.3) is 0 Å². The molecule has 0 aromatic heterocycles. The molecule has 1 aliphatic heterocycles. The van der Waals surface area contributed by atoms with Crippen LogP contribution in [0.25, 0.3) is 0 Å². The van der Waals surface area contributed by atoms with Crippen LogP contribution >= 0.6 is 0 Å². The first-order valence-corrected chi connectivity index (χ1v) is 8.74. The molecule has 1 saturated heterocycles. The third-order valence-corrected chi connectivity index (χ3v) is 6.55. The molecule has 116 valence electrons. The van der Waals surface area contributed by atoms with E-state index in [0.717, 1.165) is 16.7 Å². The highest BCUT2D eigenvalue weighted by molar-refractivity contribution is 7.89. The molecular weight excluding hydrogens is 298 g/mol. The standard InChI is InChI=1S/C17H19NO3S/c1-4-16-14-9-17(19)12(3)15(14)10-18(16)22(20,21)13-7-5-11(2)6-8-13/h4-8,14,16H,1,9-10H2,2-3H3/t14-,16-/m1/s1. The van der Waals surface area contributed by atoms with Crippen LogP contribution in [0, 0.1) is 12.8 Å². The van der Waals surface area contributed by atoms with E-state index in [1.807, 2.05) is 6.92 Å². The molecule has 0 radical (unpaired) electrons. The molecule has 1 aromatic carbocycles. The molecule has 1 fully saturated rings. The number of aryl methyl sites for hydroxylation is 1. The number of allylic oxidation sites excluding steroid dienone is 1. The summed E-state index contributed by atoms with van der Waals surface area (Å²) < 4.78 is 27.3. The van der Waals surface area contributed by atoms with Crippen LogP contribution in [0.3, 0.4) is 0 Å². The summed E-state index contributed by atoms with van der Waals surface area (Å²) >= 11 is 0. The van der Waals surface area contributed by atoms with Gasteiger partial charge in [-0.25, -0.2) is 8.42 Å². The van der Waals surface area contributed by atoms with Crippen LogP contribution in [0.2, 0.25) is 0 Å². The molecular formula is C17H19NO3S. The van der Waals surface area contributed by atoms with Gasteiger partial charge in [-0.05, 0) is 37.1 Å². The van der Waals surface area contributed by atoms with Crippen molar-refractivity contribution >= 4 is 15.8 Å². The number of Topliss-reactive ketones (excluding diaryl/α,β-unsaturated/α-hetero) is 1. The van der Waals surface area contributed by atoms with Crippen LogP contribution in [0.4, 0.5) is 0 Å². The van der Waals surface area contributed by atoms with Gasteiger partial charge in [0.1, 0.15) is 0 Å². The number of ketones is 1. The molecule has 22 heavy (non-hydrogen) atoms. The number of benzene rings is 1. The Morgan fingerprint density at radius 1 is 1.23 bits per heavy atom. The van der Waals surface area contributed by atoms with E-state index in [2.05, 4.69) is 6.58 Å². The molecule has 4 nitrogen and oxygen atoms in total. The van der Waals surface area contributed by atoms with Crippen molar-refractivity contribution in [2.24, 2.45) is 5.92 Å². The summed E-state index contributed by atoms with van der Waals surface area (Å²) in [5.74, 6) is 0.0736. The Morgan fingerprint density at radius 2 is 1.86 bits per heavy atom. The first kappa shape index (κ1) is 15.2. The predicted octanol–water partition coefficient (Wildman–Crippen LogP) is 2.46. The van der Waals surface area contributed by atoms with E-state index in [-0.39, 0.29) is 29.2 Å². The highest BCUT2D eigenvalue weighted by atomic mass is 32.2. The average Bonchev–Trinajstić information content (AvgIpc) is 2.97. The summed E-state index contributed by atoms with van der Waals surface area (Å²) in [6.45, 7) is 7.78. The zero-order valence-corrected chi connectivity index (χ0v) is 13.6. The Kier molecular flexibility index (Phi) is 3.57. The number of rotatable bonds is 3. The maximum Gasteiger partial charge on any atom is 0.243 e. The summed E-state index contributed by atoms with van der Waals surface area (Å²) in [5.41, 5.74) is 2.69. The Balaban J connectivity index is 2.03. The van der Waals surface area contributed by atoms with Crippen molar-refractivity contribution in [3.05, 3.63) is 53.6 Å². The van der Waals surface area contributed by atoms with E-state index in [1.165, 1.54) is 4.31 Å². The predicted molar refractivity (Wildman–Crippen MR) is 84.9 cm³/mol. The smallest absolute Gasteiger partial charge is 0.243 e. The minimum atomic E-state index is -3.58. The molecule has 3 rings (SSSR count). The molecule has 0 N–H and O–H groups in total. The van der Waals surface area contributed by atoms with E-state index in [4.69, 9.17) is 0 Å². The molecule has 2 atom stereocenters. The highest BCUT2D eigenvalue weighted by Gasteiger charge is 2.47. The second kappa shape index (κ2) is 5.18. The quantitative estimate of drug-likeness (QED) is 0.805. The lowest BCUT2D eigenvalue weighted by atomic mass is 9.97. The van der Waals surface area contributed by atoms with Gasteiger partial charge < -0.3 is 0 Å². The topological polar surface area (TPSA) is 54.5 Å². The van der Waals surface area contributed by atoms with Gasteiger partial charge in [-0.3, -0.25) is 4.79 Å². The van der Waals surface area contributed by atoms with Crippen molar-refractivity contribution < 1.29 is 13.2 Å². The minimum Gasteiger partial charge on any atom is -0.295 e. The highest BCUT2D eigenvalue weighted by Crippen LogP contribution is 2.42. The number of nitrogens with zero attached hydrogens (tertiary/aromatic N) is 1. The molecule has 1 aliphatic carbocycles. The average molecular weight is 317 g/mol. The van der Waals surface area contributed by atoms with Crippen LogP contribution in [0.1, 0.15) is 18.9 Å². The van der Waals surface area contributed by atoms with Gasteiger partial charge >= 0.3 is 0 Å². The first-order chi connectivity index (χ1) is 10.4. The van der Waals surface area contributed by atoms with Crippen molar-refractivity contribution in [1.82, 2.24) is 4.31 Å². The minimum absolute atomic E-state index is 0.0507. The van der Waals surface area contributed by atoms with Gasteiger partial charge in [-0.15, -0.1) is 6.58 Å². The fourth-order valence-corrected chi connectivity index (χ4v) is 4.96. The molecule has 2 aliphatic rings. The fourth-order valence-electron chi connectivity index (χ4n) is 3.34. The van der Waals surface area contributed by atoms with Crippen LogP contribution in [0.5, 0.6) is 0 Å². The molecule has 5 heteroatoms. The van der Waals surface area contributed by atoms with E-state index >= 15 is 0 Å². The maximum atomic E-state index is 12.9. The second-order valence-corrected chi connectivity index (χ2v) is 7.86. The van der Waals surface area contributed by atoms with Crippen molar-refractivity contribution in [2.75, 3.05) is 6.54 Å². The van der Waals surface area contributed by atoms with Gasteiger partial charge in [0.05, 0.1) is 10.9 Å². The Hall–Kier alpha value is -1.72. The maximum absolute atomic E-state index is 12.9. The largest absolute Gasteiger partial charge is 0.295 e.